The van der Waals surface area contributed by atoms with Gasteiger partial charge in [0.1, 0.15) is 5.82 Å². The van der Waals surface area contributed by atoms with Crippen LogP contribution in [-0.2, 0) is 0 Å². The first-order chi connectivity index (χ1) is 6.88. The number of alkyl halides is 3. The van der Waals surface area contributed by atoms with Gasteiger partial charge in [0.2, 0.25) is 5.28 Å². The van der Waals surface area contributed by atoms with Crippen molar-refractivity contribution in [2.75, 3.05) is 11.9 Å². The summed E-state index contributed by atoms with van der Waals surface area (Å²) in [6.07, 6.45) is -3.75. The summed E-state index contributed by atoms with van der Waals surface area (Å²) >= 11 is 8.56. The van der Waals surface area contributed by atoms with E-state index in [-0.39, 0.29) is 17.6 Å². The van der Waals surface area contributed by atoms with E-state index >= 15 is 0 Å². The molecule has 0 saturated heterocycles. The summed E-state index contributed by atoms with van der Waals surface area (Å²) < 4.78 is 35.9. The number of nitrogens with one attached hydrogen (secondary N) is 1. The minimum Gasteiger partial charge on any atom is -0.369 e. The van der Waals surface area contributed by atoms with E-state index in [0.717, 1.165) is 0 Å². The second-order valence-electron chi connectivity index (χ2n) is 2.63. The third kappa shape index (κ3) is 4.65. The topological polar surface area (TPSA) is 37.8 Å². The number of aromatic nitrogens is 2. The Bertz CT molecular complexity index is 345. The van der Waals surface area contributed by atoms with E-state index in [1.165, 1.54) is 6.20 Å². The lowest BCUT2D eigenvalue weighted by Crippen LogP contribution is -2.15. The number of halogens is 5. The molecule has 1 aromatic heterocycles. The molecular weight excluding hydrogens is 298 g/mol. The molecule has 0 aliphatic heterocycles. The van der Waals surface area contributed by atoms with E-state index in [1.54, 1.807) is 0 Å². The van der Waals surface area contributed by atoms with Crippen molar-refractivity contribution in [3.63, 3.8) is 0 Å². The van der Waals surface area contributed by atoms with E-state index in [2.05, 4.69) is 31.2 Å². The van der Waals surface area contributed by atoms with Crippen LogP contribution in [0, 0.1) is 0 Å². The zero-order chi connectivity index (χ0) is 11.5. The molecule has 0 unspecified atom stereocenters. The lowest BCUT2D eigenvalue weighted by molar-refractivity contribution is -0.131. The fourth-order valence-corrected chi connectivity index (χ4v) is 1.26. The van der Waals surface area contributed by atoms with Crippen LogP contribution >= 0.6 is 27.5 Å². The molecule has 15 heavy (non-hydrogen) atoms. The molecule has 0 bridgehead atoms. The second kappa shape index (κ2) is 4.98. The Kier molecular flexibility index (Phi) is 4.15. The number of rotatable bonds is 3. The summed E-state index contributed by atoms with van der Waals surface area (Å²) in [5.74, 6) is 0.249. The van der Waals surface area contributed by atoms with Crippen molar-refractivity contribution in [2.24, 2.45) is 0 Å². The van der Waals surface area contributed by atoms with Crippen LogP contribution in [0.25, 0.3) is 0 Å². The molecule has 0 aliphatic carbocycles. The number of nitrogens with zero attached hydrogens (tertiary/aromatic N) is 2. The van der Waals surface area contributed by atoms with Crippen molar-refractivity contribution in [1.29, 1.82) is 0 Å². The van der Waals surface area contributed by atoms with Gasteiger partial charge in [-0.15, -0.1) is 0 Å². The Morgan fingerprint density at radius 2 is 2.13 bits per heavy atom. The van der Waals surface area contributed by atoms with Gasteiger partial charge < -0.3 is 5.32 Å². The summed E-state index contributed by atoms with van der Waals surface area (Å²) in [6.45, 7) is -0.255. The zero-order valence-electron chi connectivity index (χ0n) is 7.28. The molecule has 3 nitrogen and oxygen atoms in total. The molecule has 8 heteroatoms. The van der Waals surface area contributed by atoms with Crippen molar-refractivity contribution in [3.8, 4) is 0 Å². The molecule has 1 N–H and O–H groups in total. The molecule has 0 fully saturated rings. The lowest BCUT2D eigenvalue weighted by Gasteiger charge is -2.09. The summed E-state index contributed by atoms with van der Waals surface area (Å²) in [7, 11) is 0. The largest absolute Gasteiger partial charge is 0.390 e. The minimum atomic E-state index is -4.18. The highest BCUT2D eigenvalue weighted by atomic mass is 79.9. The Hall–Kier alpha value is -0.560. The third-order valence-electron chi connectivity index (χ3n) is 1.42. The molecule has 0 saturated carbocycles. The fourth-order valence-electron chi connectivity index (χ4n) is 0.792. The van der Waals surface area contributed by atoms with E-state index in [0.29, 0.717) is 4.47 Å². The average Bonchev–Trinajstić information content (AvgIpc) is 2.09. The first-order valence-electron chi connectivity index (χ1n) is 3.87. The van der Waals surface area contributed by atoms with Gasteiger partial charge in [0.05, 0.1) is 10.9 Å². The molecule has 0 radical (unpaired) electrons. The number of hydrogen-bond acceptors (Lipinski definition) is 3. The Balaban J connectivity index is 2.54. The van der Waals surface area contributed by atoms with Crippen LogP contribution in [0.2, 0.25) is 5.28 Å². The van der Waals surface area contributed by atoms with Crippen molar-refractivity contribution < 1.29 is 13.2 Å². The van der Waals surface area contributed by atoms with Gasteiger partial charge in [-0.1, -0.05) is 0 Å². The maximum atomic E-state index is 11.8. The van der Waals surface area contributed by atoms with Crippen LogP contribution in [0.15, 0.2) is 10.7 Å². The summed E-state index contributed by atoms with van der Waals surface area (Å²) in [6, 6.07) is 0. The van der Waals surface area contributed by atoms with Gasteiger partial charge in [-0.2, -0.15) is 18.2 Å². The Morgan fingerprint density at radius 3 is 2.73 bits per heavy atom. The van der Waals surface area contributed by atoms with Crippen LogP contribution in [0.1, 0.15) is 6.42 Å². The van der Waals surface area contributed by atoms with Gasteiger partial charge in [-0.25, -0.2) is 4.98 Å². The summed E-state index contributed by atoms with van der Waals surface area (Å²) in [5, 5.41) is 2.49. The quantitative estimate of drug-likeness (QED) is 0.871. The normalized spacial score (nSPS) is 11.5. The lowest BCUT2D eigenvalue weighted by atomic mass is 10.4. The average molecular weight is 304 g/mol. The molecule has 1 aromatic rings. The monoisotopic (exact) mass is 303 g/mol. The van der Waals surface area contributed by atoms with Gasteiger partial charge in [0.15, 0.2) is 0 Å². The molecule has 0 aromatic carbocycles. The number of anilines is 1. The SMILES string of the molecule is FC(F)(F)CCNc1nc(Cl)ncc1Br. The Morgan fingerprint density at radius 1 is 1.47 bits per heavy atom. The molecule has 1 rings (SSSR count). The van der Waals surface area contributed by atoms with E-state index in [1.807, 2.05) is 0 Å². The van der Waals surface area contributed by atoms with Gasteiger partial charge in [0.25, 0.3) is 0 Å². The molecule has 84 valence electrons. The molecule has 0 atom stereocenters. The van der Waals surface area contributed by atoms with Crippen LogP contribution in [0.4, 0.5) is 19.0 Å². The maximum absolute atomic E-state index is 11.8. The van der Waals surface area contributed by atoms with E-state index < -0.39 is 12.6 Å². The van der Waals surface area contributed by atoms with Gasteiger partial charge in [-0.3, -0.25) is 0 Å². The summed E-state index contributed by atoms with van der Waals surface area (Å²) in [5.41, 5.74) is 0. The second-order valence-corrected chi connectivity index (χ2v) is 3.82. The molecule has 0 spiro atoms. The van der Waals surface area contributed by atoms with Crippen molar-refractivity contribution in [1.82, 2.24) is 9.97 Å². The minimum absolute atomic E-state index is 0.0206. The summed E-state index contributed by atoms with van der Waals surface area (Å²) in [4.78, 5) is 7.36. The van der Waals surface area contributed by atoms with E-state index in [4.69, 9.17) is 11.6 Å². The molecule has 0 aliphatic rings. The molecule has 1 heterocycles. The van der Waals surface area contributed by atoms with Crippen LogP contribution in [0.5, 0.6) is 0 Å². The predicted molar refractivity (Wildman–Crippen MR) is 53.9 cm³/mol. The fraction of sp³-hybridized carbons (Fsp3) is 0.429. The standard InChI is InChI=1S/C7H6BrClF3N3/c8-4-3-14-6(9)15-5(4)13-2-1-7(10,11)12/h3H,1-2H2,(H,13,14,15). The Labute approximate surface area is 97.2 Å². The van der Waals surface area contributed by atoms with Crippen molar-refractivity contribution in [2.45, 2.75) is 12.6 Å². The van der Waals surface area contributed by atoms with Gasteiger partial charge in [-0.05, 0) is 27.5 Å². The molecule has 0 amide bonds. The van der Waals surface area contributed by atoms with Gasteiger partial charge in [0, 0.05) is 12.7 Å². The first-order valence-corrected chi connectivity index (χ1v) is 5.04. The molecular formula is C7H6BrClF3N3. The van der Waals surface area contributed by atoms with Crippen LogP contribution in [-0.4, -0.2) is 22.7 Å². The maximum Gasteiger partial charge on any atom is 0.390 e. The van der Waals surface area contributed by atoms with Gasteiger partial charge >= 0.3 is 6.18 Å². The van der Waals surface area contributed by atoms with E-state index in [9.17, 15) is 13.2 Å². The highest BCUT2D eigenvalue weighted by Gasteiger charge is 2.26. The van der Waals surface area contributed by atoms with Crippen LogP contribution < -0.4 is 5.32 Å². The first kappa shape index (κ1) is 12.5. The van der Waals surface area contributed by atoms with Crippen molar-refractivity contribution >= 4 is 33.3 Å². The smallest absolute Gasteiger partial charge is 0.369 e. The van der Waals surface area contributed by atoms with Crippen LogP contribution in [0.3, 0.4) is 0 Å². The zero-order valence-corrected chi connectivity index (χ0v) is 9.62. The predicted octanol–water partition coefficient (Wildman–Crippen LogP) is 3.26. The highest BCUT2D eigenvalue weighted by molar-refractivity contribution is 9.10. The third-order valence-corrected chi connectivity index (χ3v) is 2.18. The highest BCUT2D eigenvalue weighted by Crippen LogP contribution is 2.22. The van der Waals surface area contributed by atoms with Crippen molar-refractivity contribution in [3.05, 3.63) is 16.0 Å². The number of hydrogen-bond donors (Lipinski definition) is 1.